The SMILES string of the molecule is CC(C(=O)N1CCNC(=O)CC1c1ccccc1)C1CNC1.Cl. The molecule has 3 rings (SSSR count). The van der Waals surface area contributed by atoms with Gasteiger partial charge in [0.05, 0.1) is 12.5 Å². The number of nitrogens with zero attached hydrogens (tertiary/aromatic N) is 1. The van der Waals surface area contributed by atoms with Crippen LogP contribution in [0.15, 0.2) is 30.3 Å². The Morgan fingerprint density at radius 2 is 1.96 bits per heavy atom. The maximum absolute atomic E-state index is 12.9. The number of carbonyl (C=O) groups is 2. The normalized spacial score (nSPS) is 23.1. The van der Waals surface area contributed by atoms with Crippen LogP contribution in [0.1, 0.15) is 24.9 Å². The Morgan fingerprint density at radius 3 is 2.57 bits per heavy atom. The first-order valence-corrected chi connectivity index (χ1v) is 7.99. The summed E-state index contributed by atoms with van der Waals surface area (Å²) in [5, 5.41) is 6.11. The van der Waals surface area contributed by atoms with Crippen LogP contribution in [0.3, 0.4) is 0 Å². The molecule has 1 aromatic rings. The molecule has 2 N–H and O–H groups in total. The fourth-order valence-electron chi connectivity index (χ4n) is 3.19. The van der Waals surface area contributed by atoms with E-state index in [2.05, 4.69) is 10.6 Å². The Labute approximate surface area is 143 Å². The zero-order valence-corrected chi connectivity index (χ0v) is 14.1. The molecule has 2 atom stereocenters. The molecule has 2 aliphatic heterocycles. The molecule has 0 radical (unpaired) electrons. The smallest absolute Gasteiger partial charge is 0.226 e. The van der Waals surface area contributed by atoms with Crippen molar-refractivity contribution >= 4 is 24.2 Å². The topological polar surface area (TPSA) is 61.4 Å². The molecular formula is C17H24ClN3O2. The van der Waals surface area contributed by atoms with Gasteiger partial charge in [-0.05, 0) is 24.6 Å². The number of carbonyl (C=O) groups excluding carboxylic acids is 2. The first-order valence-electron chi connectivity index (χ1n) is 7.99. The Morgan fingerprint density at radius 1 is 1.26 bits per heavy atom. The van der Waals surface area contributed by atoms with Gasteiger partial charge in [0.25, 0.3) is 0 Å². The number of rotatable bonds is 3. The molecule has 2 amide bonds. The number of halogens is 1. The molecule has 0 aliphatic carbocycles. The second kappa shape index (κ2) is 7.79. The molecule has 23 heavy (non-hydrogen) atoms. The van der Waals surface area contributed by atoms with E-state index < -0.39 is 0 Å². The molecule has 6 heteroatoms. The highest BCUT2D eigenvalue weighted by atomic mass is 35.5. The van der Waals surface area contributed by atoms with E-state index >= 15 is 0 Å². The van der Waals surface area contributed by atoms with Crippen molar-refractivity contribution in [2.75, 3.05) is 26.2 Å². The largest absolute Gasteiger partial charge is 0.354 e. The lowest BCUT2D eigenvalue weighted by molar-refractivity contribution is -0.140. The number of hydrogen-bond donors (Lipinski definition) is 2. The summed E-state index contributed by atoms with van der Waals surface area (Å²) in [6, 6.07) is 9.71. The highest BCUT2D eigenvalue weighted by molar-refractivity contribution is 5.85. The summed E-state index contributed by atoms with van der Waals surface area (Å²) in [6.07, 6.45) is 0.339. The van der Waals surface area contributed by atoms with E-state index in [0.717, 1.165) is 18.7 Å². The summed E-state index contributed by atoms with van der Waals surface area (Å²) < 4.78 is 0. The number of nitrogens with one attached hydrogen (secondary N) is 2. The van der Waals surface area contributed by atoms with Crippen molar-refractivity contribution in [2.24, 2.45) is 11.8 Å². The van der Waals surface area contributed by atoms with Gasteiger partial charge in [0, 0.05) is 19.0 Å². The van der Waals surface area contributed by atoms with Gasteiger partial charge in [-0.3, -0.25) is 9.59 Å². The van der Waals surface area contributed by atoms with Crippen LogP contribution in [-0.4, -0.2) is 42.9 Å². The number of hydrogen-bond acceptors (Lipinski definition) is 3. The van der Waals surface area contributed by atoms with E-state index in [0.29, 0.717) is 25.4 Å². The van der Waals surface area contributed by atoms with E-state index in [4.69, 9.17) is 0 Å². The zero-order valence-electron chi connectivity index (χ0n) is 13.3. The standard InChI is InChI=1S/C17H23N3O2.ClH/c1-12(14-10-18-11-14)17(22)20-8-7-19-16(21)9-15(20)13-5-3-2-4-6-13;/h2-6,12,14-15,18H,7-11H2,1H3,(H,19,21);1H. The molecule has 2 fully saturated rings. The second-order valence-corrected chi connectivity index (χ2v) is 6.22. The van der Waals surface area contributed by atoms with Crippen LogP contribution in [-0.2, 0) is 9.59 Å². The lowest BCUT2D eigenvalue weighted by Crippen LogP contribution is -2.51. The third-order valence-electron chi connectivity index (χ3n) is 4.81. The van der Waals surface area contributed by atoms with Crippen LogP contribution in [0.25, 0.3) is 0 Å². The van der Waals surface area contributed by atoms with E-state index in [9.17, 15) is 9.59 Å². The van der Waals surface area contributed by atoms with Crippen molar-refractivity contribution < 1.29 is 9.59 Å². The van der Waals surface area contributed by atoms with Crippen LogP contribution < -0.4 is 10.6 Å². The monoisotopic (exact) mass is 337 g/mol. The van der Waals surface area contributed by atoms with Crippen molar-refractivity contribution in [3.63, 3.8) is 0 Å². The average molecular weight is 338 g/mol. The van der Waals surface area contributed by atoms with E-state index in [-0.39, 0.29) is 36.2 Å². The van der Waals surface area contributed by atoms with Crippen LogP contribution in [0.4, 0.5) is 0 Å². The lowest BCUT2D eigenvalue weighted by atomic mass is 9.87. The van der Waals surface area contributed by atoms with Crippen LogP contribution >= 0.6 is 12.4 Å². The van der Waals surface area contributed by atoms with Gasteiger partial charge in [-0.2, -0.15) is 0 Å². The highest BCUT2D eigenvalue weighted by Crippen LogP contribution is 2.29. The quantitative estimate of drug-likeness (QED) is 0.875. The Bertz CT molecular complexity index is 548. The van der Waals surface area contributed by atoms with Crippen molar-refractivity contribution in [3.8, 4) is 0 Å². The van der Waals surface area contributed by atoms with Gasteiger partial charge in [-0.15, -0.1) is 12.4 Å². The Balaban J connectivity index is 0.00000192. The first kappa shape index (κ1) is 17.8. The highest BCUT2D eigenvalue weighted by Gasteiger charge is 2.36. The van der Waals surface area contributed by atoms with Gasteiger partial charge in [-0.25, -0.2) is 0 Å². The van der Waals surface area contributed by atoms with Crippen molar-refractivity contribution in [1.29, 1.82) is 0 Å². The second-order valence-electron chi connectivity index (χ2n) is 6.22. The average Bonchev–Trinajstić information content (AvgIpc) is 2.67. The lowest BCUT2D eigenvalue weighted by Gasteiger charge is -2.37. The van der Waals surface area contributed by atoms with Gasteiger partial charge < -0.3 is 15.5 Å². The van der Waals surface area contributed by atoms with E-state index in [1.54, 1.807) is 0 Å². The summed E-state index contributed by atoms with van der Waals surface area (Å²) in [4.78, 5) is 26.8. The summed E-state index contributed by atoms with van der Waals surface area (Å²) in [5.41, 5.74) is 1.03. The molecule has 2 unspecified atom stereocenters. The fraction of sp³-hybridized carbons (Fsp3) is 0.529. The molecule has 126 valence electrons. The third-order valence-corrected chi connectivity index (χ3v) is 4.81. The predicted octanol–water partition coefficient (Wildman–Crippen LogP) is 1.35. The molecule has 0 spiro atoms. The molecule has 2 aliphatic rings. The summed E-state index contributed by atoms with van der Waals surface area (Å²) >= 11 is 0. The van der Waals surface area contributed by atoms with E-state index in [1.165, 1.54) is 0 Å². The Kier molecular flexibility index (Phi) is 6.02. The van der Waals surface area contributed by atoms with Crippen molar-refractivity contribution in [2.45, 2.75) is 19.4 Å². The molecular weight excluding hydrogens is 314 g/mol. The summed E-state index contributed by atoms with van der Waals surface area (Å²) in [6.45, 7) is 4.94. The minimum Gasteiger partial charge on any atom is -0.354 e. The molecule has 5 nitrogen and oxygen atoms in total. The molecule has 2 heterocycles. The van der Waals surface area contributed by atoms with Crippen molar-refractivity contribution in [3.05, 3.63) is 35.9 Å². The van der Waals surface area contributed by atoms with E-state index in [1.807, 2.05) is 42.2 Å². The minimum atomic E-state index is -0.160. The van der Waals surface area contributed by atoms with Crippen LogP contribution in [0, 0.1) is 11.8 Å². The molecule has 0 bridgehead atoms. The van der Waals surface area contributed by atoms with Gasteiger partial charge >= 0.3 is 0 Å². The maximum Gasteiger partial charge on any atom is 0.226 e. The van der Waals surface area contributed by atoms with Crippen LogP contribution in [0.2, 0.25) is 0 Å². The van der Waals surface area contributed by atoms with Gasteiger partial charge in [0.2, 0.25) is 11.8 Å². The molecule has 0 aromatic heterocycles. The Hall–Kier alpha value is -1.59. The maximum atomic E-state index is 12.9. The predicted molar refractivity (Wildman–Crippen MR) is 91.3 cm³/mol. The van der Waals surface area contributed by atoms with Gasteiger partial charge in [0.15, 0.2) is 0 Å². The number of benzene rings is 1. The van der Waals surface area contributed by atoms with Crippen LogP contribution in [0.5, 0.6) is 0 Å². The zero-order chi connectivity index (χ0) is 15.5. The first-order chi connectivity index (χ1) is 10.7. The fourth-order valence-corrected chi connectivity index (χ4v) is 3.19. The van der Waals surface area contributed by atoms with Crippen molar-refractivity contribution in [1.82, 2.24) is 15.5 Å². The third kappa shape index (κ3) is 3.85. The summed E-state index contributed by atoms with van der Waals surface area (Å²) in [5.74, 6) is 0.593. The molecule has 2 saturated heterocycles. The van der Waals surface area contributed by atoms with Gasteiger partial charge in [-0.1, -0.05) is 37.3 Å². The minimum absolute atomic E-state index is 0. The molecule has 0 saturated carbocycles. The number of amides is 2. The van der Waals surface area contributed by atoms with Gasteiger partial charge in [0.1, 0.15) is 0 Å². The summed E-state index contributed by atoms with van der Waals surface area (Å²) in [7, 11) is 0. The molecule has 1 aromatic carbocycles.